The maximum absolute atomic E-state index is 10.2. The molecule has 0 radical (unpaired) electrons. The molecule has 2 aliphatic rings. The predicted octanol–water partition coefficient (Wildman–Crippen LogP) is 1.73. The highest BCUT2D eigenvalue weighted by atomic mass is 16.3. The van der Waals surface area contributed by atoms with E-state index in [9.17, 15) is 5.11 Å². The fourth-order valence-electron chi connectivity index (χ4n) is 2.57. The molecule has 2 nitrogen and oxygen atoms in total. The van der Waals surface area contributed by atoms with Crippen molar-refractivity contribution in [1.29, 1.82) is 0 Å². The molecule has 0 spiro atoms. The van der Waals surface area contributed by atoms with E-state index in [-0.39, 0.29) is 0 Å². The number of likely N-dealkylation sites (tertiary alicyclic amines) is 1. The van der Waals surface area contributed by atoms with Gasteiger partial charge in [0.1, 0.15) is 5.72 Å². The van der Waals surface area contributed by atoms with E-state index in [1.165, 1.54) is 32.1 Å². The van der Waals surface area contributed by atoms with Gasteiger partial charge in [-0.2, -0.15) is 0 Å². The summed E-state index contributed by atoms with van der Waals surface area (Å²) in [6.07, 6.45) is 8.36. The van der Waals surface area contributed by atoms with Crippen LogP contribution in [0.2, 0.25) is 0 Å². The Balaban J connectivity index is 1.96. The standard InChI is InChI=1S/C10H19NO/c12-10(6-2-3-7-10)11-8-4-1-5-9-11/h12H,1-9H2. The molecule has 0 bridgehead atoms. The number of nitrogens with zero attached hydrogens (tertiary/aromatic N) is 1. The number of piperidine rings is 1. The molecule has 2 rings (SSSR count). The number of aliphatic hydroxyl groups is 1. The fourth-order valence-corrected chi connectivity index (χ4v) is 2.57. The molecule has 2 heteroatoms. The molecule has 1 aliphatic carbocycles. The van der Waals surface area contributed by atoms with Crippen LogP contribution in [0.15, 0.2) is 0 Å². The van der Waals surface area contributed by atoms with Crippen LogP contribution in [0.4, 0.5) is 0 Å². The Morgan fingerprint density at radius 1 is 0.833 bits per heavy atom. The Morgan fingerprint density at radius 3 is 2.00 bits per heavy atom. The van der Waals surface area contributed by atoms with Gasteiger partial charge in [-0.25, -0.2) is 0 Å². The molecule has 0 aromatic rings. The maximum atomic E-state index is 10.2. The van der Waals surface area contributed by atoms with Crippen molar-refractivity contribution in [1.82, 2.24) is 4.90 Å². The van der Waals surface area contributed by atoms with E-state index in [1.54, 1.807) is 0 Å². The highest BCUT2D eigenvalue weighted by Gasteiger charge is 2.37. The number of hydrogen-bond acceptors (Lipinski definition) is 2. The van der Waals surface area contributed by atoms with Crippen LogP contribution in [0.3, 0.4) is 0 Å². The average Bonchev–Trinajstić information content (AvgIpc) is 2.55. The Morgan fingerprint density at radius 2 is 1.42 bits per heavy atom. The minimum atomic E-state index is -0.402. The summed E-state index contributed by atoms with van der Waals surface area (Å²) in [5.41, 5.74) is -0.402. The third kappa shape index (κ3) is 1.50. The fraction of sp³-hybridized carbons (Fsp3) is 1.00. The van der Waals surface area contributed by atoms with E-state index >= 15 is 0 Å². The largest absolute Gasteiger partial charge is 0.376 e. The summed E-state index contributed by atoms with van der Waals surface area (Å²) in [7, 11) is 0. The van der Waals surface area contributed by atoms with Gasteiger partial charge < -0.3 is 5.11 Å². The molecule has 1 N–H and O–H groups in total. The highest BCUT2D eigenvalue weighted by Crippen LogP contribution is 2.34. The van der Waals surface area contributed by atoms with Crippen molar-refractivity contribution in [2.75, 3.05) is 13.1 Å². The molecule has 12 heavy (non-hydrogen) atoms. The van der Waals surface area contributed by atoms with Gasteiger partial charge in [0.2, 0.25) is 0 Å². The van der Waals surface area contributed by atoms with Crippen molar-refractivity contribution >= 4 is 0 Å². The molecule has 1 saturated heterocycles. The van der Waals surface area contributed by atoms with Gasteiger partial charge >= 0.3 is 0 Å². The summed E-state index contributed by atoms with van der Waals surface area (Å²) in [4.78, 5) is 2.31. The van der Waals surface area contributed by atoms with Gasteiger partial charge in [-0.3, -0.25) is 4.90 Å². The van der Waals surface area contributed by atoms with E-state index in [1.807, 2.05) is 0 Å². The van der Waals surface area contributed by atoms with Crippen LogP contribution < -0.4 is 0 Å². The number of rotatable bonds is 1. The van der Waals surface area contributed by atoms with Crippen molar-refractivity contribution in [2.45, 2.75) is 50.7 Å². The molecular weight excluding hydrogens is 150 g/mol. The summed E-state index contributed by atoms with van der Waals surface area (Å²) in [6, 6.07) is 0. The number of hydrogen-bond donors (Lipinski definition) is 1. The second-order valence-corrected chi connectivity index (χ2v) is 4.24. The third-order valence-corrected chi connectivity index (χ3v) is 3.35. The first kappa shape index (κ1) is 8.52. The topological polar surface area (TPSA) is 23.5 Å². The van der Waals surface area contributed by atoms with E-state index in [0.29, 0.717) is 0 Å². The Bertz CT molecular complexity index is 146. The Labute approximate surface area is 74.6 Å². The monoisotopic (exact) mass is 169 g/mol. The van der Waals surface area contributed by atoms with Crippen molar-refractivity contribution in [3.63, 3.8) is 0 Å². The SMILES string of the molecule is OC1(N2CCCCC2)CCCC1. The Hall–Kier alpha value is -0.0800. The first-order chi connectivity index (χ1) is 5.81. The lowest BCUT2D eigenvalue weighted by molar-refractivity contribution is -0.110. The molecule has 1 aliphatic heterocycles. The minimum Gasteiger partial charge on any atom is -0.376 e. The molecular formula is C10H19NO. The Kier molecular flexibility index (Phi) is 2.37. The first-order valence-electron chi connectivity index (χ1n) is 5.29. The highest BCUT2D eigenvalue weighted by molar-refractivity contribution is 4.86. The van der Waals surface area contributed by atoms with Gasteiger partial charge in [0.15, 0.2) is 0 Å². The lowest BCUT2D eigenvalue weighted by Crippen LogP contribution is -2.49. The zero-order valence-electron chi connectivity index (χ0n) is 7.76. The van der Waals surface area contributed by atoms with Crippen LogP contribution in [0, 0.1) is 0 Å². The summed E-state index contributed by atoms with van der Waals surface area (Å²) < 4.78 is 0. The van der Waals surface area contributed by atoms with E-state index in [2.05, 4.69) is 4.90 Å². The van der Waals surface area contributed by atoms with Crippen LogP contribution in [-0.2, 0) is 0 Å². The van der Waals surface area contributed by atoms with Crippen LogP contribution in [0.1, 0.15) is 44.9 Å². The summed E-state index contributed by atoms with van der Waals surface area (Å²) >= 11 is 0. The van der Waals surface area contributed by atoms with E-state index < -0.39 is 5.72 Å². The minimum absolute atomic E-state index is 0.402. The van der Waals surface area contributed by atoms with Gasteiger partial charge in [0, 0.05) is 13.1 Å². The van der Waals surface area contributed by atoms with Crippen LogP contribution in [0.5, 0.6) is 0 Å². The van der Waals surface area contributed by atoms with Crippen LogP contribution in [-0.4, -0.2) is 28.8 Å². The van der Waals surface area contributed by atoms with E-state index in [0.717, 1.165) is 25.9 Å². The van der Waals surface area contributed by atoms with Crippen molar-refractivity contribution < 1.29 is 5.11 Å². The lowest BCUT2D eigenvalue weighted by atomic mass is 10.0. The molecule has 0 unspecified atom stereocenters. The molecule has 0 atom stereocenters. The molecule has 0 aromatic heterocycles. The lowest BCUT2D eigenvalue weighted by Gasteiger charge is -2.39. The second-order valence-electron chi connectivity index (χ2n) is 4.24. The average molecular weight is 169 g/mol. The molecule has 0 amide bonds. The van der Waals surface area contributed by atoms with Gasteiger partial charge in [0.05, 0.1) is 0 Å². The van der Waals surface area contributed by atoms with Crippen molar-refractivity contribution in [2.24, 2.45) is 0 Å². The van der Waals surface area contributed by atoms with Crippen molar-refractivity contribution in [3.8, 4) is 0 Å². The van der Waals surface area contributed by atoms with Crippen LogP contribution >= 0.6 is 0 Å². The molecule has 0 aromatic carbocycles. The second kappa shape index (κ2) is 3.35. The van der Waals surface area contributed by atoms with Gasteiger partial charge in [-0.05, 0) is 38.5 Å². The molecule has 1 heterocycles. The van der Waals surface area contributed by atoms with Gasteiger partial charge in [-0.15, -0.1) is 0 Å². The summed E-state index contributed by atoms with van der Waals surface area (Å²) in [6.45, 7) is 2.24. The molecule has 70 valence electrons. The van der Waals surface area contributed by atoms with E-state index in [4.69, 9.17) is 0 Å². The van der Waals surface area contributed by atoms with Gasteiger partial charge in [0.25, 0.3) is 0 Å². The summed E-state index contributed by atoms with van der Waals surface area (Å²) in [5, 5.41) is 10.2. The maximum Gasteiger partial charge on any atom is 0.118 e. The molecule has 2 fully saturated rings. The first-order valence-corrected chi connectivity index (χ1v) is 5.29. The normalized spacial score (nSPS) is 30.8. The summed E-state index contributed by atoms with van der Waals surface area (Å²) in [5.74, 6) is 0. The zero-order chi connectivity index (χ0) is 8.44. The quantitative estimate of drug-likeness (QED) is 0.646. The van der Waals surface area contributed by atoms with Crippen LogP contribution in [0.25, 0.3) is 0 Å². The predicted molar refractivity (Wildman–Crippen MR) is 48.8 cm³/mol. The third-order valence-electron chi connectivity index (χ3n) is 3.35. The van der Waals surface area contributed by atoms with Crippen molar-refractivity contribution in [3.05, 3.63) is 0 Å². The smallest absolute Gasteiger partial charge is 0.118 e. The zero-order valence-corrected chi connectivity index (χ0v) is 7.76. The van der Waals surface area contributed by atoms with Gasteiger partial charge in [-0.1, -0.05) is 6.42 Å². The molecule has 1 saturated carbocycles.